The maximum absolute atomic E-state index is 8.33. The minimum Gasteiger partial charge on any atom is -0.344 e. The predicted octanol–water partition coefficient (Wildman–Crippen LogP) is 6.67. The molecule has 0 aliphatic rings. The third-order valence-electron chi connectivity index (χ3n) is 4.58. The molecule has 124 valence electrons. The molecule has 1 heterocycles. The lowest BCUT2D eigenvalue weighted by molar-refractivity contribution is 1.01. The lowest BCUT2D eigenvalue weighted by atomic mass is 10.0. The zero-order chi connectivity index (χ0) is 26.2. The molecule has 0 aliphatic heterocycles. The highest BCUT2D eigenvalue weighted by Crippen LogP contribution is 2.34. The summed E-state index contributed by atoms with van der Waals surface area (Å²) in [5.74, 6) is 0. The maximum atomic E-state index is 8.33. The Morgan fingerprint density at radius 1 is 0.577 bits per heavy atom. The van der Waals surface area contributed by atoms with Gasteiger partial charge in [-0.15, -0.1) is 0 Å². The lowest BCUT2D eigenvalue weighted by Gasteiger charge is -2.03. The normalized spacial score (nSPS) is 16.7. The molecule has 5 rings (SSSR count). The van der Waals surface area contributed by atoms with E-state index in [0.717, 1.165) is 21.8 Å². The molecule has 0 unspecified atom stereocenters. The predicted molar refractivity (Wildman–Crippen MR) is 111 cm³/mol. The van der Waals surface area contributed by atoms with E-state index in [-0.39, 0.29) is 35.3 Å². The number of hydrogen-bond acceptors (Lipinski definition) is 0. The highest BCUT2D eigenvalue weighted by molar-refractivity contribution is 6.10. The minimum absolute atomic E-state index is 0.0988. The average Bonchev–Trinajstić information content (AvgIpc) is 3.15. The van der Waals surface area contributed by atoms with Crippen LogP contribution in [0.15, 0.2) is 96.8 Å². The Labute approximate surface area is 167 Å². The molecule has 0 aliphatic carbocycles. The Balaban J connectivity index is 1.82. The maximum Gasteiger partial charge on any atom is 0.0629 e. The van der Waals surface area contributed by atoms with Crippen LogP contribution in [0.1, 0.15) is 13.7 Å². The number of aromatic nitrogens is 1. The molecule has 0 N–H and O–H groups in total. The molecule has 0 saturated carbocycles. The molecule has 0 radical (unpaired) electrons. The Bertz CT molecular complexity index is 1570. The summed E-state index contributed by atoms with van der Waals surface area (Å²) in [6, 6.07) is 6.87. The van der Waals surface area contributed by atoms with Gasteiger partial charge < -0.3 is 4.57 Å². The Kier molecular flexibility index (Phi) is 1.79. The summed E-state index contributed by atoms with van der Waals surface area (Å²) < 4.78 is 83.0. The summed E-state index contributed by atoms with van der Waals surface area (Å²) in [5.41, 5.74) is 2.78. The van der Waals surface area contributed by atoms with Crippen LogP contribution >= 0.6 is 0 Å². The van der Waals surface area contributed by atoms with E-state index < -0.39 is 36.3 Å². The van der Waals surface area contributed by atoms with Crippen molar-refractivity contribution in [3.63, 3.8) is 0 Å². The first-order chi connectivity index (χ1) is 17.0. The Morgan fingerprint density at radius 3 is 1.42 bits per heavy atom. The topological polar surface area (TPSA) is 4.93 Å². The summed E-state index contributed by atoms with van der Waals surface area (Å²) in [4.78, 5) is 0. The molecule has 26 heavy (non-hydrogen) atoms. The molecule has 4 aromatic carbocycles. The number of aryl methyl sites for hydroxylation is 1. The minimum atomic E-state index is -0.455. The Morgan fingerprint density at radius 2 is 1.00 bits per heavy atom. The second-order valence-corrected chi connectivity index (χ2v) is 6.02. The van der Waals surface area contributed by atoms with Crippen LogP contribution in [-0.2, 0) is 7.05 Å². The number of fused-ring (bicyclic) bond motifs is 3. The summed E-state index contributed by atoms with van der Waals surface area (Å²) >= 11 is 0. The summed E-state index contributed by atoms with van der Waals surface area (Å²) in [5, 5.41) is 1.48. The second-order valence-electron chi connectivity index (χ2n) is 6.02. The van der Waals surface area contributed by atoms with E-state index >= 15 is 0 Å². The van der Waals surface area contributed by atoms with Crippen LogP contribution < -0.4 is 0 Å². The fraction of sp³-hybridized carbons (Fsp3) is 0.0400. The van der Waals surface area contributed by atoms with Gasteiger partial charge in [-0.2, -0.15) is 0 Å². The van der Waals surface area contributed by atoms with Crippen LogP contribution in [0.5, 0.6) is 0 Å². The van der Waals surface area contributed by atoms with Crippen LogP contribution in [0.3, 0.4) is 0 Å². The van der Waals surface area contributed by atoms with E-state index in [1.807, 2.05) is 23.7 Å². The van der Waals surface area contributed by atoms with Crippen molar-refractivity contribution in [2.75, 3.05) is 0 Å². The van der Waals surface area contributed by atoms with Crippen molar-refractivity contribution in [3.05, 3.63) is 96.8 Å². The molecule has 0 amide bonds. The molecule has 0 fully saturated rings. The van der Waals surface area contributed by atoms with Gasteiger partial charge in [0.05, 0.1) is 13.7 Å². The van der Waals surface area contributed by atoms with E-state index in [4.69, 9.17) is 13.7 Å². The zero-order valence-electron chi connectivity index (χ0n) is 23.9. The SMILES string of the molecule is [2H]c1c([2H])c([2H])c(-c2ccc3c(c2)c2cc(-c4c([2H])c([2H])c([2H])c([2H])c4[2H])ccc2n3C)c([2H])c1[2H]. The molecular formula is C25H19N. The highest BCUT2D eigenvalue weighted by atomic mass is 14.9. The van der Waals surface area contributed by atoms with Gasteiger partial charge in [0.2, 0.25) is 0 Å². The van der Waals surface area contributed by atoms with Gasteiger partial charge in [0, 0.05) is 28.9 Å². The molecular weight excluding hydrogens is 314 g/mol. The van der Waals surface area contributed by atoms with Gasteiger partial charge in [0.25, 0.3) is 0 Å². The van der Waals surface area contributed by atoms with Crippen LogP contribution in [0.2, 0.25) is 0 Å². The van der Waals surface area contributed by atoms with Gasteiger partial charge in [-0.25, -0.2) is 0 Å². The third-order valence-corrected chi connectivity index (χ3v) is 4.58. The molecule has 0 atom stereocenters. The van der Waals surface area contributed by atoms with Crippen molar-refractivity contribution < 1.29 is 13.7 Å². The van der Waals surface area contributed by atoms with Crippen molar-refractivity contribution in [2.45, 2.75) is 0 Å². The van der Waals surface area contributed by atoms with Gasteiger partial charge in [-0.05, 0) is 46.5 Å². The molecule has 0 saturated heterocycles. The zero-order valence-corrected chi connectivity index (χ0v) is 13.9. The molecule has 1 nitrogen and oxygen atoms in total. The summed E-state index contributed by atoms with van der Waals surface area (Å²) in [6.45, 7) is 0. The monoisotopic (exact) mass is 343 g/mol. The fourth-order valence-electron chi connectivity index (χ4n) is 3.32. The second kappa shape index (κ2) is 5.89. The fourth-order valence-corrected chi connectivity index (χ4v) is 3.32. The molecule has 1 aromatic heterocycles. The van der Waals surface area contributed by atoms with Gasteiger partial charge in [-0.1, -0.05) is 72.6 Å². The molecule has 0 bridgehead atoms. The number of benzene rings is 4. The van der Waals surface area contributed by atoms with E-state index in [0.29, 0.717) is 11.1 Å². The first-order valence-electron chi connectivity index (χ1n) is 13.1. The van der Waals surface area contributed by atoms with Crippen LogP contribution in [0, 0.1) is 0 Å². The average molecular weight is 343 g/mol. The van der Waals surface area contributed by atoms with Crippen molar-refractivity contribution in [1.82, 2.24) is 4.57 Å². The number of rotatable bonds is 2. The highest BCUT2D eigenvalue weighted by Gasteiger charge is 2.10. The standard InChI is InChI=1S/C25H19N/c1-26-24-14-12-20(18-8-4-2-5-9-18)16-22(24)23-17-21(13-15-25(23)26)19-10-6-3-7-11-19/h2-17H,1H3/i2D,3D,4D,5D,6D,7D,8D,9D,10D,11D. The van der Waals surface area contributed by atoms with Crippen molar-refractivity contribution in [3.8, 4) is 22.3 Å². The van der Waals surface area contributed by atoms with Gasteiger partial charge in [-0.3, -0.25) is 0 Å². The summed E-state index contributed by atoms with van der Waals surface area (Å²) in [7, 11) is 1.87. The first-order valence-corrected chi connectivity index (χ1v) is 8.12. The summed E-state index contributed by atoms with van der Waals surface area (Å²) in [6.07, 6.45) is 0. The lowest BCUT2D eigenvalue weighted by Crippen LogP contribution is -1.86. The van der Waals surface area contributed by atoms with Gasteiger partial charge in [0.1, 0.15) is 0 Å². The van der Waals surface area contributed by atoms with Gasteiger partial charge >= 0.3 is 0 Å². The molecule has 0 spiro atoms. The largest absolute Gasteiger partial charge is 0.344 e. The Hall–Kier alpha value is -3.32. The molecule has 1 heteroatoms. The van der Waals surface area contributed by atoms with Gasteiger partial charge in [0.15, 0.2) is 0 Å². The smallest absolute Gasteiger partial charge is 0.0629 e. The van der Waals surface area contributed by atoms with Crippen LogP contribution in [0.4, 0.5) is 0 Å². The van der Waals surface area contributed by atoms with E-state index in [1.54, 1.807) is 24.3 Å². The van der Waals surface area contributed by atoms with Crippen LogP contribution in [-0.4, -0.2) is 4.57 Å². The quantitative estimate of drug-likeness (QED) is 0.337. The van der Waals surface area contributed by atoms with E-state index in [1.165, 1.54) is 0 Å². The third kappa shape index (κ3) is 2.33. The first kappa shape index (κ1) is 7.92. The van der Waals surface area contributed by atoms with E-state index in [9.17, 15) is 0 Å². The molecule has 5 aromatic rings. The van der Waals surface area contributed by atoms with Crippen molar-refractivity contribution in [2.24, 2.45) is 7.05 Å². The number of nitrogens with zero attached hydrogens (tertiary/aromatic N) is 1. The number of hydrogen-bond donors (Lipinski definition) is 0. The van der Waals surface area contributed by atoms with Crippen LogP contribution in [0.25, 0.3) is 44.1 Å². The van der Waals surface area contributed by atoms with E-state index in [2.05, 4.69) is 0 Å². The van der Waals surface area contributed by atoms with Crippen molar-refractivity contribution >= 4 is 21.8 Å². The van der Waals surface area contributed by atoms with Crippen molar-refractivity contribution in [1.29, 1.82) is 0 Å².